The highest BCUT2D eigenvalue weighted by molar-refractivity contribution is 7.92. The number of rotatable bonds is 7. The normalized spacial score (nSPS) is 11.0. The van der Waals surface area contributed by atoms with Crippen molar-refractivity contribution in [3.63, 3.8) is 0 Å². The van der Waals surface area contributed by atoms with Crippen LogP contribution in [-0.2, 0) is 10.0 Å². The molecule has 0 atom stereocenters. The molecule has 0 aliphatic heterocycles. The number of halogens is 1. The summed E-state index contributed by atoms with van der Waals surface area (Å²) < 4.78 is 39.1. The number of carbonyl (C=O) groups excluding carboxylic acids is 1. The predicted molar refractivity (Wildman–Crippen MR) is 110 cm³/mol. The molecule has 0 aliphatic carbocycles. The van der Waals surface area contributed by atoms with Crippen LogP contribution in [0.1, 0.15) is 17.3 Å². The lowest BCUT2D eigenvalue weighted by Crippen LogP contribution is -2.14. The molecule has 0 spiro atoms. The van der Waals surface area contributed by atoms with Crippen molar-refractivity contribution in [2.24, 2.45) is 0 Å². The number of anilines is 1. The van der Waals surface area contributed by atoms with E-state index in [9.17, 15) is 13.2 Å². The van der Waals surface area contributed by atoms with Gasteiger partial charge < -0.3 is 9.47 Å². The number of ether oxygens (including phenoxy) is 2. The molecule has 1 heterocycles. The number of methoxy groups -OCH3 is 1. The van der Waals surface area contributed by atoms with Crippen molar-refractivity contribution in [2.75, 3.05) is 11.8 Å². The molecule has 0 aliphatic rings. The molecule has 0 unspecified atom stereocenters. The lowest BCUT2D eigenvalue weighted by atomic mass is 10.2. The maximum atomic E-state index is 12.7. The summed E-state index contributed by atoms with van der Waals surface area (Å²) in [6.45, 7) is 1.41. The number of hydrogen-bond donors (Lipinski definition) is 1. The van der Waals surface area contributed by atoms with Crippen molar-refractivity contribution in [2.45, 2.75) is 11.8 Å². The van der Waals surface area contributed by atoms with Gasteiger partial charge in [0.15, 0.2) is 17.3 Å². The molecule has 3 aromatic rings. The SMILES string of the molecule is COc1c(NS(=O)(=O)c2ccc(C(C)=O)cc2)cccc1Oc1cncc(Cl)c1. The van der Waals surface area contributed by atoms with E-state index in [4.69, 9.17) is 21.1 Å². The first kappa shape index (κ1) is 20.6. The van der Waals surface area contributed by atoms with Crippen molar-refractivity contribution >= 4 is 33.1 Å². The maximum absolute atomic E-state index is 12.7. The molecule has 29 heavy (non-hydrogen) atoms. The first-order chi connectivity index (χ1) is 13.8. The minimum atomic E-state index is -3.92. The number of sulfonamides is 1. The topological polar surface area (TPSA) is 94.6 Å². The second kappa shape index (κ2) is 8.50. The fourth-order valence-corrected chi connectivity index (χ4v) is 3.76. The molecule has 1 N–H and O–H groups in total. The summed E-state index contributed by atoms with van der Waals surface area (Å²) in [5.74, 6) is 0.694. The number of Topliss-reactive ketones (excluding diaryl/α,β-unsaturated/α-hetero) is 1. The highest BCUT2D eigenvalue weighted by Gasteiger charge is 2.19. The monoisotopic (exact) mass is 432 g/mol. The third-order valence-electron chi connectivity index (χ3n) is 3.91. The average molecular weight is 433 g/mol. The van der Waals surface area contributed by atoms with Gasteiger partial charge in [-0.05, 0) is 31.2 Å². The van der Waals surface area contributed by atoms with E-state index in [0.717, 1.165) is 0 Å². The van der Waals surface area contributed by atoms with E-state index in [1.807, 2.05) is 0 Å². The summed E-state index contributed by atoms with van der Waals surface area (Å²) in [4.78, 5) is 15.3. The zero-order valence-corrected chi connectivity index (χ0v) is 17.1. The minimum absolute atomic E-state index is 0.00918. The van der Waals surface area contributed by atoms with Crippen LogP contribution >= 0.6 is 11.6 Å². The number of pyridine rings is 1. The highest BCUT2D eigenvalue weighted by atomic mass is 35.5. The molecule has 0 saturated carbocycles. The van der Waals surface area contributed by atoms with Crippen LogP contribution in [0.25, 0.3) is 0 Å². The van der Waals surface area contributed by atoms with Gasteiger partial charge in [-0.3, -0.25) is 14.5 Å². The summed E-state index contributed by atoms with van der Waals surface area (Å²) in [5, 5.41) is 0.396. The quantitative estimate of drug-likeness (QED) is 0.551. The Bertz CT molecular complexity index is 1150. The Hall–Kier alpha value is -3.10. The predicted octanol–water partition coefficient (Wildman–Crippen LogP) is 4.54. The zero-order valence-electron chi connectivity index (χ0n) is 15.5. The summed E-state index contributed by atoms with van der Waals surface area (Å²) >= 11 is 5.92. The summed E-state index contributed by atoms with van der Waals surface area (Å²) in [6, 6.07) is 12.0. The molecule has 0 radical (unpaired) electrons. The third-order valence-corrected chi connectivity index (χ3v) is 5.49. The summed E-state index contributed by atoms with van der Waals surface area (Å²) in [7, 11) is -2.51. The third kappa shape index (κ3) is 4.85. The average Bonchev–Trinajstić information content (AvgIpc) is 2.68. The van der Waals surface area contributed by atoms with Crippen LogP contribution < -0.4 is 14.2 Å². The fourth-order valence-electron chi connectivity index (χ4n) is 2.53. The van der Waals surface area contributed by atoms with Crippen molar-refractivity contribution < 1.29 is 22.7 Å². The van der Waals surface area contributed by atoms with Gasteiger partial charge in [0.25, 0.3) is 10.0 Å². The van der Waals surface area contributed by atoms with Crippen LogP contribution in [0, 0.1) is 0 Å². The van der Waals surface area contributed by atoms with Crippen LogP contribution in [0.4, 0.5) is 5.69 Å². The number of para-hydroxylation sites is 1. The van der Waals surface area contributed by atoms with E-state index in [1.54, 1.807) is 24.3 Å². The van der Waals surface area contributed by atoms with Gasteiger partial charge in [0, 0.05) is 17.8 Å². The van der Waals surface area contributed by atoms with E-state index in [-0.39, 0.29) is 27.9 Å². The number of nitrogens with zero attached hydrogens (tertiary/aromatic N) is 1. The van der Waals surface area contributed by atoms with E-state index < -0.39 is 10.0 Å². The molecule has 0 saturated heterocycles. The van der Waals surface area contributed by atoms with Crippen molar-refractivity contribution in [3.05, 3.63) is 71.5 Å². The molecule has 0 amide bonds. The Morgan fingerprint density at radius 3 is 2.45 bits per heavy atom. The lowest BCUT2D eigenvalue weighted by molar-refractivity contribution is 0.101. The molecule has 7 nitrogen and oxygen atoms in total. The first-order valence-corrected chi connectivity index (χ1v) is 10.3. The number of aromatic nitrogens is 1. The lowest BCUT2D eigenvalue weighted by Gasteiger charge is -2.15. The molecule has 150 valence electrons. The number of carbonyl (C=O) groups is 1. The van der Waals surface area contributed by atoms with Gasteiger partial charge in [0.2, 0.25) is 0 Å². The molecule has 1 aromatic heterocycles. The van der Waals surface area contributed by atoms with Crippen molar-refractivity contribution in [1.29, 1.82) is 0 Å². The second-order valence-corrected chi connectivity index (χ2v) is 8.08. The van der Waals surface area contributed by atoms with E-state index >= 15 is 0 Å². The highest BCUT2D eigenvalue weighted by Crippen LogP contribution is 2.38. The molecule has 9 heteroatoms. The fraction of sp³-hybridized carbons (Fsp3) is 0.100. The van der Waals surface area contributed by atoms with Gasteiger partial charge in [-0.1, -0.05) is 29.8 Å². The van der Waals surface area contributed by atoms with Crippen LogP contribution in [0.15, 0.2) is 65.8 Å². The molecular formula is C20H17ClN2O5S. The Balaban J connectivity index is 1.91. The molecule has 2 aromatic carbocycles. The van der Waals surface area contributed by atoms with Crippen LogP contribution in [0.5, 0.6) is 17.2 Å². The number of ketones is 1. The largest absolute Gasteiger partial charge is 0.491 e. The van der Waals surface area contributed by atoms with Gasteiger partial charge in [0.1, 0.15) is 5.75 Å². The summed E-state index contributed by atoms with van der Waals surface area (Å²) in [6.07, 6.45) is 2.94. The number of benzene rings is 2. The Morgan fingerprint density at radius 1 is 1.10 bits per heavy atom. The van der Waals surface area contributed by atoms with Crippen LogP contribution in [0.2, 0.25) is 5.02 Å². The Labute approximate surface area is 173 Å². The zero-order chi connectivity index (χ0) is 21.0. The van der Waals surface area contributed by atoms with Crippen molar-refractivity contribution in [1.82, 2.24) is 4.98 Å². The Kier molecular flexibility index (Phi) is 6.05. The Morgan fingerprint density at radius 2 is 1.83 bits per heavy atom. The van der Waals surface area contributed by atoms with Gasteiger partial charge >= 0.3 is 0 Å². The number of nitrogens with one attached hydrogen (secondary N) is 1. The summed E-state index contributed by atoms with van der Waals surface area (Å²) in [5.41, 5.74) is 0.614. The van der Waals surface area contributed by atoms with Crippen molar-refractivity contribution in [3.8, 4) is 17.2 Å². The van der Waals surface area contributed by atoms with Gasteiger partial charge in [-0.2, -0.15) is 0 Å². The van der Waals surface area contributed by atoms with E-state index in [1.165, 1.54) is 50.7 Å². The molecule has 0 fully saturated rings. The smallest absolute Gasteiger partial charge is 0.262 e. The van der Waals surface area contributed by atoms with E-state index in [2.05, 4.69) is 9.71 Å². The molecule has 3 rings (SSSR count). The first-order valence-electron chi connectivity index (χ1n) is 8.39. The maximum Gasteiger partial charge on any atom is 0.262 e. The van der Waals surface area contributed by atoms with Crippen LogP contribution in [-0.4, -0.2) is 26.3 Å². The second-order valence-electron chi connectivity index (χ2n) is 5.96. The van der Waals surface area contributed by atoms with Gasteiger partial charge in [-0.25, -0.2) is 8.42 Å². The van der Waals surface area contributed by atoms with Crippen LogP contribution in [0.3, 0.4) is 0 Å². The standard InChI is InChI=1S/C20H17ClN2O5S/c1-13(24)14-6-8-17(9-7-14)29(25,26)23-18-4-3-5-19(20(18)27-2)28-16-10-15(21)11-22-12-16/h3-12,23H,1-2H3. The molecule has 0 bridgehead atoms. The van der Waals surface area contributed by atoms with Gasteiger partial charge in [0.05, 0.1) is 28.9 Å². The van der Waals surface area contributed by atoms with Gasteiger partial charge in [-0.15, -0.1) is 0 Å². The molecular weight excluding hydrogens is 416 g/mol. The van der Waals surface area contributed by atoms with E-state index in [0.29, 0.717) is 16.3 Å². The minimum Gasteiger partial charge on any atom is -0.491 e. The number of hydrogen-bond acceptors (Lipinski definition) is 6.